The maximum absolute atomic E-state index is 14.1. The van der Waals surface area contributed by atoms with E-state index in [9.17, 15) is 34.8 Å². The zero-order valence-electron chi connectivity index (χ0n) is 24.7. The molecule has 0 heterocycles. The zero-order chi connectivity index (χ0) is 30.5. The third-order valence-electron chi connectivity index (χ3n) is 11.0. The minimum absolute atomic E-state index is 0.0743. The number of rotatable bonds is 6. The molecule has 6 N–H and O–H groups in total. The van der Waals surface area contributed by atoms with Crippen molar-refractivity contribution >= 4 is 28.9 Å². The highest BCUT2D eigenvalue weighted by molar-refractivity contribution is 6.24. The normalized spacial score (nSPS) is 31.4. The van der Waals surface area contributed by atoms with Gasteiger partial charge in [0.15, 0.2) is 11.4 Å². The van der Waals surface area contributed by atoms with Crippen molar-refractivity contribution in [1.29, 1.82) is 0 Å². The largest absolute Gasteiger partial charge is 0.508 e. The Labute approximate surface area is 245 Å². The smallest absolute Gasteiger partial charge is 0.255 e. The topological polar surface area (TPSA) is 165 Å². The highest BCUT2D eigenvalue weighted by Gasteiger charge is 2.64. The maximum atomic E-state index is 14.1. The monoisotopic (exact) mass is 579 g/mol. The molecule has 1 aromatic carbocycles. The number of hydrogen-bond acceptors (Lipinski definition) is 9. The van der Waals surface area contributed by atoms with E-state index in [0.29, 0.717) is 28.9 Å². The van der Waals surface area contributed by atoms with Crippen molar-refractivity contribution in [3.8, 4) is 5.75 Å². The standard InChI is InChI=1S/C32H41N3O7/c1-34(2)20-14-15(7-8-17-6-5-9-31(17)10-11-31)25(36)22-18(20)12-16-13-19-24(35(3)4)27(38)23(30(33)41)29(40)32(19,42)28(39)21(16)26(22)37/h14,16-17,19,24,36-37,40,42H,5-13H2,1-4H3,(H2,33,41)/t16-,17?,19-,24-,32-/m0/s1. The molecule has 0 bridgehead atoms. The van der Waals surface area contributed by atoms with Crippen LogP contribution in [0.5, 0.6) is 5.75 Å². The summed E-state index contributed by atoms with van der Waals surface area (Å²) in [4.78, 5) is 43.1. The maximum Gasteiger partial charge on any atom is 0.255 e. The number of aryl methyl sites for hydroxylation is 1. The molecule has 1 spiro atoms. The highest BCUT2D eigenvalue weighted by atomic mass is 16.3. The number of Topliss-reactive ketones (excluding diaryl/α,β-unsaturated/α-hetero) is 2. The summed E-state index contributed by atoms with van der Waals surface area (Å²) in [5.74, 6) is -5.64. The van der Waals surface area contributed by atoms with Gasteiger partial charge in [0.05, 0.1) is 11.6 Å². The summed E-state index contributed by atoms with van der Waals surface area (Å²) in [5, 5.41) is 46.2. The van der Waals surface area contributed by atoms with E-state index >= 15 is 0 Å². The van der Waals surface area contributed by atoms with Gasteiger partial charge in [-0.25, -0.2) is 0 Å². The molecule has 3 fully saturated rings. The Morgan fingerprint density at radius 3 is 2.38 bits per heavy atom. The molecule has 0 aromatic heterocycles. The van der Waals surface area contributed by atoms with Gasteiger partial charge in [-0.2, -0.15) is 0 Å². The number of benzene rings is 1. The van der Waals surface area contributed by atoms with Gasteiger partial charge < -0.3 is 31.1 Å². The Hall–Kier alpha value is -3.37. The van der Waals surface area contributed by atoms with Gasteiger partial charge in [0.25, 0.3) is 5.91 Å². The lowest BCUT2D eigenvalue weighted by Gasteiger charge is -2.50. The lowest BCUT2D eigenvalue weighted by molar-refractivity contribution is -0.153. The summed E-state index contributed by atoms with van der Waals surface area (Å²) >= 11 is 0. The molecule has 1 aromatic rings. The minimum Gasteiger partial charge on any atom is -0.508 e. The molecule has 5 aliphatic carbocycles. The Morgan fingerprint density at radius 1 is 1.10 bits per heavy atom. The molecular formula is C32H41N3O7. The van der Waals surface area contributed by atoms with Gasteiger partial charge in [0.1, 0.15) is 22.8 Å². The molecule has 42 heavy (non-hydrogen) atoms. The van der Waals surface area contributed by atoms with E-state index < -0.39 is 58.0 Å². The Bertz CT molecular complexity index is 1470. The fraction of sp³-hybridized carbons (Fsp3) is 0.594. The van der Waals surface area contributed by atoms with Gasteiger partial charge in [-0.05, 0) is 99.9 Å². The Morgan fingerprint density at radius 2 is 1.79 bits per heavy atom. The predicted molar refractivity (Wildman–Crippen MR) is 156 cm³/mol. The van der Waals surface area contributed by atoms with Gasteiger partial charge in [0.2, 0.25) is 5.78 Å². The van der Waals surface area contributed by atoms with Crippen molar-refractivity contribution in [2.24, 2.45) is 28.9 Å². The Balaban J connectivity index is 1.46. The number of anilines is 1. The van der Waals surface area contributed by atoms with Crippen molar-refractivity contribution in [2.75, 3.05) is 33.1 Å². The van der Waals surface area contributed by atoms with E-state index in [1.54, 1.807) is 14.1 Å². The third kappa shape index (κ3) is 3.87. The van der Waals surface area contributed by atoms with Crippen LogP contribution in [0.15, 0.2) is 23.0 Å². The van der Waals surface area contributed by atoms with Crippen molar-refractivity contribution in [3.63, 3.8) is 0 Å². The average Bonchev–Trinajstić information content (AvgIpc) is 3.57. The van der Waals surface area contributed by atoms with Crippen molar-refractivity contribution in [3.05, 3.63) is 39.7 Å². The lowest BCUT2D eigenvalue weighted by Crippen LogP contribution is -2.65. The van der Waals surface area contributed by atoms with Crippen LogP contribution in [0.1, 0.15) is 61.6 Å². The van der Waals surface area contributed by atoms with Crippen LogP contribution in [0.2, 0.25) is 0 Å². The zero-order valence-corrected chi connectivity index (χ0v) is 24.7. The van der Waals surface area contributed by atoms with Crippen molar-refractivity contribution in [2.45, 2.75) is 69.4 Å². The average molecular weight is 580 g/mol. The second-order valence-electron chi connectivity index (χ2n) is 13.6. The molecule has 6 rings (SSSR count). The first-order valence-electron chi connectivity index (χ1n) is 14.9. The number of phenolic OH excluding ortho intramolecular Hbond substituents is 1. The van der Waals surface area contributed by atoms with E-state index in [4.69, 9.17) is 5.73 Å². The number of aromatic hydroxyl groups is 1. The molecule has 5 atom stereocenters. The van der Waals surface area contributed by atoms with Crippen LogP contribution in [0, 0.1) is 23.2 Å². The van der Waals surface area contributed by atoms with Crippen LogP contribution >= 0.6 is 0 Å². The van der Waals surface area contributed by atoms with Gasteiger partial charge in [-0.3, -0.25) is 19.3 Å². The molecule has 5 aliphatic rings. The van der Waals surface area contributed by atoms with E-state index in [1.807, 2.05) is 25.1 Å². The SMILES string of the molecule is CN(C)c1cc(CCC2CCCC23CC3)c(O)c2c1C[C@H]1C[C@H]3[C@H](N(C)C)C(=O)C(C(N)=O)=C(O)[C@@]3(O)C(=O)C1=C2O. The van der Waals surface area contributed by atoms with Crippen LogP contribution in [0.4, 0.5) is 5.69 Å². The number of phenols is 1. The van der Waals surface area contributed by atoms with E-state index in [2.05, 4.69) is 0 Å². The van der Waals surface area contributed by atoms with Crippen LogP contribution in [-0.2, 0) is 27.2 Å². The number of primary amides is 1. The fourth-order valence-corrected chi connectivity index (χ4v) is 8.75. The first-order valence-corrected chi connectivity index (χ1v) is 14.9. The number of amides is 1. The lowest BCUT2D eigenvalue weighted by atomic mass is 9.57. The number of likely N-dealkylation sites (N-methyl/N-ethyl adjacent to an activating group) is 1. The Kier molecular flexibility index (Phi) is 6.55. The van der Waals surface area contributed by atoms with Crippen LogP contribution in [0.3, 0.4) is 0 Å². The van der Waals surface area contributed by atoms with Crippen molar-refractivity contribution < 1.29 is 34.8 Å². The summed E-state index contributed by atoms with van der Waals surface area (Å²) < 4.78 is 0. The van der Waals surface area contributed by atoms with E-state index in [0.717, 1.165) is 12.1 Å². The summed E-state index contributed by atoms with van der Waals surface area (Å²) in [6.45, 7) is 0. The summed E-state index contributed by atoms with van der Waals surface area (Å²) in [6.07, 6.45) is 8.18. The molecule has 1 unspecified atom stereocenters. The molecule has 0 aliphatic heterocycles. The fourth-order valence-electron chi connectivity index (χ4n) is 8.75. The number of carbonyl (C=O) groups is 3. The van der Waals surface area contributed by atoms with E-state index in [-0.39, 0.29) is 29.7 Å². The number of fused-ring (bicyclic) bond motifs is 3. The number of nitrogens with zero attached hydrogens (tertiary/aromatic N) is 2. The first kappa shape index (κ1) is 28.7. The van der Waals surface area contributed by atoms with Gasteiger partial charge >= 0.3 is 0 Å². The number of ketones is 2. The third-order valence-corrected chi connectivity index (χ3v) is 11.0. The number of carbonyl (C=O) groups excluding carboxylic acids is 3. The van der Waals surface area contributed by atoms with E-state index in [1.165, 1.54) is 37.0 Å². The highest BCUT2D eigenvalue weighted by Crippen LogP contribution is 2.62. The molecule has 0 saturated heterocycles. The summed E-state index contributed by atoms with van der Waals surface area (Å²) in [6, 6.07) is 0.875. The van der Waals surface area contributed by atoms with Crippen LogP contribution in [-0.4, -0.2) is 82.6 Å². The molecule has 226 valence electrons. The minimum atomic E-state index is -2.64. The second kappa shape index (κ2) is 9.57. The first-order chi connectivity index (χ1) is 19.7. The molecule has 10 nitrogen and oxygen atoms in total. The molecule has 10 heteroatoms. The van der Waals surface area contributed by atoms with Gasteiger partial charge in [0, 0.05) is 31.3 Å². The summed E-state index contributed by atoms with van der Waals surface area (Å²) in [5.41, 5.74) is 4.70. The number of aliphatic hydroxyl groups is 3. The molecule has 1 amide bonds. The quantitative estimate of drug-likeness (QED) is 0.319. The number of hydrogen-bond donors (Lipinski definition) is 5. The van der Waals surface area contributed by atoms with Crippen LogP contribution < -0.4 is 10.6 Å². The number of nitrogens with two attached hydrogens (primary N) is 1. The van der Waals surface area contributed by atoms with Gasteiger partial charge in [-0.15, -0.1) is 0 Å². The van der Waals surface area contributed by atoms with Crippen LogP contribution in [0.25, 0.3) is 5.76 Å². The number of aliphatic hydroxyl groups excluding tert-OH is 2. The van der Waals surface area contributed by atoms with Gasteiger partial charge in [-0.1, -0.05) is 6.42 Å². The van der Waals surface area contributed by atoms with Crippen molar-refractivity contribution in [1.82, 2.24) is 4.90 Å². The predicted octanol–water partition coefficient (Wildman–Crippen LogP) is 2.54. The molecule has 0 radical (unpaired) electrons. The molecular weight excluding hydrogens is 538 g/mol. The summed E-state index contributed by atoms with van der Waals surface area (Å²) in [7, 11) is 6.97. The molecule has 3 saturated carbocycles. The second-order valence-corrected chi connectivity index (χ2v) is 13.6.